The SMILES string of the molecule is COC[C@@H]1CC2(CCN(C(=O)c3cnc4ccccc4c3)CC2)CO1. The fraction of sp³-hybridized carbons (Fsp3) is 0.500. The first-order chi connectivity index (χ1) is 12.2. The van der Waals surface area contributed by atoms with Crippen LogP contribution in [-0.2, 0) is 9.47 Å². The van der Waals surface area contributed by atoms with E-state index in [1.54, 1.807) is 13.3 Å². The van der Waals surface area contributed by atoms with Gasteiger partial charge in [-0.1, -0.05) is 18.2 Å². The number of hydrogen-bond acceptors (Lipinski definition) is 4. The fourth-order valence-corrected chi connectivity index (χ4v) is 4.09. The number of methoxy groups -OCH3 is 1. The highest BCUT2D eigenvalue weighted by atomic mass is 16.5. The number of piperidine rings is 1. The third kappa shape index (κ3) is 3.26. The molecule has 0 unspecified atom stereocenters. The maximum Gasteiger partial charge on any atom is 0.255 e. The summed E-state index contributed by atoms with van der Waals surface area (Å²) in [5.74, 6) is 0.0838. The van der Waals surface area contributed by atoms with Crippen molar-refractivity contribution in [1.82, 2.24) is 9.88 Å². The summed E-state index contributed by atoms with van der Waals surface area (Å²) in [5, 5.41) is 1.01. The van der Waals surface area contributed by atoms with E-state index in [1.165, 1.54) is 0 Å². The van der Waals surface area contributed by atoms with Gasteiger partial charge in [-0.25, -0.2) is 0 Å². The van der Waals surface area contributed by atoms with E-state index in [0.717, 1.165) is 49.9 Å². The van der Waals surface area contributed by atoms with E-state index in [-0.39, 0.29) is 17.4 Å². The maximum atomic E-state index is 12.8. The Morgan fingerprint density at radius 2 is 2.16 bits per heavy atom. The molecule has 0 saturated carbocycles. The van der Waals surface area contributed by atoms with Crippen LogP contribution in [0.4, 0.5) is 0 Å². The average Bonchev–Trinajstić information content (AvgIpc) is 3.04. The summed E-state index contributed by atoms with van der Waals surface area (Å²) in [7, 11) is 1.72. The van der Waals surface area contributed by atoms with Gasteiger partial charge in [-0.2, -0.15) is 0 Å². The Morgan fingerprint density at radius 3 is 2.96 bits per heavy atom. The minimum absolute atomic E-state index is 0.0838. The molecule has 5 heteroatoms. The van der Waals surface area contributed by atoms with Crippen LogP contribution in [0.15, 0.2) is 36.5 Å². The Bertz CT molecular complexity index is 768. The van der Waals surface area contributed by atoms with Gasteiger partial charge in [0.15, 0.2) is 0 Å². The lowest BCUT2D eigenvalue weighted by molar-refractivity contribution is 0.0281. The molecule has 1 amide bonds. The van der Waals surface area contributed by atoms with Gasteiger partial charge < -0.3 is 14.4 Å². The monoisotopic (exact) mass is 340 g/mol. The van der Waals surface area contributed by atoms with Crippen LogP contribution in [-0.4, -0.2) is 55.3 Å². The molecule has 1 atom stereocenters. The van der Waals surface area contributed by atoms with E-state index in [0.29, 0.717) is 12.2 Å². The third-order valence-corrected chi connectivity index (χ3v) is 5.59. The van der Waals surface area contributed by atoms with Crippen molar-refractivity contribution in [2.75, 3.05) is 33.4 Å². The highest BCUT2D eigenvalue weighted by Crippen LogP contribution is 2.42. The van der Waals surface area contributed by atoms with E-state index in [4.69, 9.17) is 9.47 Å². The number of carbonyl (C=O) groups excluding carboxylic acids is 1. The molecule has 3 heterocycles. The quantitative estimate of drug-likeness (QED) is 0.862. The molecule has 2 saturated heterocycles. The minimum Gasteiger partial charge on any atom is -0.382 e. The molecule has 25 heavy (non-hydrogen) atoms. The number of pyridine rings is 1. The summed E-state index contributed by atoms with van der Waals surface area (Å²) in [6.45, 7) is 3.02. The molecule has 4 rings (SSSR count). The summed E-state index contributed by atoms with van der Waals surface area (Å²) < 4.78 is 11.1. The second-order valence-electron chi connectivity index (χ2n) is 7.30. The number of rotatable bonds is 3. The molecular weight excluding hydrogens is 316 g/mol. The van der Waals surface area contributed by atoms with Crippen LogP contribution >= 0.6 is 0 Å². The number of benzene rings is 1. The second kappa shape index (κ2) is 6.73. The number of ether oxygens (including phenoxy) is 2. The van der Waals surface area contributed by atoms with Crippen molar-refractivity contribution in [2.45, 2.75) is 25.4 Å². The lowest BCUT2D eigenvalue weighted by atomic mass is 9.76. The Balaban J connectivity index is 1.42. The average molecular weight is 340 g/mol. The predicted octanol–water partition coefficient (Wildman–Crippen LogP) is 2.89. The largest absolute Gasteiger partial charge is 0.382 e. The molecule has 5 nitrogen and oxygen atoms in total. The molecule has 0 N–H and O–H groups in total. The van der Waals surface area contributed by atoms with Crippen LogP contribution in [0.1, 0.15) is 29.6 Å². The summed E-state index contributed by atoms with van der Waals surface area (Å²) in [4.78, 5) is 19.2. The number of fused-ring (bicyclic) bond motifs is 1. The van der Waals surface area contributed by atoms with Crippen molar-refractivity contribution in [1.29, 1.82) is 0 Å². The first kappa shape index (κ1) is 16.5. The molecule has 2 aromatic rings. The van der Waals surface area contributed by atoms with Gasteiger partial charge in [0.2, 0.25) is 0 Å². The van der Waals surface area contributed by atoms with E-state index >= 15 is 0 Å². The van der Waals surface area contributed by atoms with E-state index in [1.807, 2.05) is 35.2 Å². The molecule has 132 valence electrons. The number of nitrogens with zero attached hydrogens (tertiary/aromatic N) is 2. The van der Waals surface area contributed by atoms with Gasteiger partial charge in [0.25, 0.3) is 5.91 Å². The van der Waals surface area contributed by atoms with Crippen LogP contribution in [0.5, 0.6) is 0 Å². The molecule has 1 aromatic heterocycles. The van der Waals surface area contributed by atoms with E-state index < -0.39 is 0 Å². The fourth-order valence-electron chi connectivity index (χ4n) is 4.09. The number of likely N-dealkylation sites (tertiary alicyclic amines) is 1. The Hall–Kier alpha value is -1.98. The van der Waals surface area contributed by atoms with Gasteiger partial charge in [0.05, 0.1) is 30.4 Å². The van der Waals surface area contributed by atoms with Gasteiger partial charge in [-0.05, 0) is 36.8 Å². The van der Waals surface area contributed by atoms with Crippen molar-refractivity contribution in [3.05, 3.63) is 42.1 Å². The third-order valence-electron chi connectivity index (χ3n) is 5.59. The first-order valence-electron chi connectivity index (χ1n) is 8.94. The molecule has 2 aliphatic rings. The Morgan fingerprint density at radius 1 is 1.36 bits per heavy atom. The Labute approximate surface area is 147 Å². The smallest absolute Gasteiger partial charge is 0.255 e. The highest BCUT2D eigenvalue weighted by Gasteiger charge is 2.43. The van der Waals surface area contributed by atoms with Gasteiger partial charge in [-0.3, -0.25) is 9.78 Å². The van der Waals surface area contributed by atoms with Crippen molar-refractivity contribution < 1.29 is 14.3 Å². The van der Waals surface area contributed by atoms with Crippen molar-refractivity contribution in [2.24, 2.45) is 5.41 Å². The number of carbonyl (C=O) groups is 1. The standard InChI is InChI=1S/C20H24N2O3/c1-24-13-17-11-20(14-25-17)6-8-22(9-7-20)19(23)16-10-15-4-2-3-5-18(15)21-12-16/h2-5,10,12,17H,6-9,11,13-14H2,1H3/t17-/m0/s1. The van der Waals surface area contributed by atoms with Gasteiger partial charge in [0.1, 0.15) is 0 Å². The number of para-hydroxylation sites is 1. The zero-order valence-corrected chi connectivity index (χ0v) is 14.6. The Kier molecular flexibility index (Phi) is 4.44. The molecule has 1 spiro atoms. The lowest BCUT2D eigenvalue weighted by Crippen LogP contribution is -2.43. The number of hydrogen-bond donors (Lipinski definition) is 0. The van der Waals surface area contributed by atoms with Crippen LogP contribution < -0.4 is 0 Å². The molecule has 0 bridgehead atoms. The van der Waals surface area contributed by atoms with Crippen molar-refractivity contribution >= 4 is 16.8 Å². The normalized spacial score (nSPS) is 22.6. The molecule has 1 aromatic carbocycles. The summed E-state index contributed by atoms with van der Waals surface area (Å²) >= 11 is 0. The lowest BCUT2D eigenvalue weighted by Gasteiger charge is -2.38. The van der Waals surface area contributed by atoms with E-state index in [9.17, 15) is 4.79 Å². The van der Waals surface area contributed by atoms with Gasteiger partial charge in [-0.15, -0.1) is 0 Å². The van der Waals surface area contributed by atoms with Crippen molar-refractivity contribution in [3.63, 3.8) is 0 Å². The molecule has 2 fully saturated rings. The number of aromatic nitrogens is 1. The van der Waals surface area contributed by atoms with Crippen LogP contribution in [0.3, 0.4) is 0 Å². The molecular formula is C20H24N2O3. The molecule has 0 aliphatic carbocycles. The number of amides is 1. The highest BCUT2D eigenvalue weighted by molar-refractivity contribution is 5.97. The van der Waals surface area contributed by atoms with Crippen LogP contribution in [0, 0.1) is 5.41 Å². The van der Waals surface area contributed by atoms with Gasteiger partial charge >= 0.3 is 0 Å². The first-order valence-corrected chi connectivity index (χ1v) is 8.94. The zero-order chi connectivity index (χ0) is 17.3. The second-order valence-corrected chi connectivity index (χ2v) is 7.30. The minimum atomic E-state index is 0.0838. The molecule has 2 aliphatic heterocycles. The summed E-state index contributed by atoms with van der Waals surface area (Å²) in [5.41, 5.74) is 1.82. The summed E-state index contributed by atoms with van der Waals surface area (Å²) in [6.07, 6.45) is 4.94. The van der Waals surface area contributed by atoms with Gasteiger partial charge in [0, 0.05) is 31.8 Å². The van der Waals surface area contributed by atoms with Crippen molar-refractivity contribution in [3.8, 4) is 0 Å². The van der Waals surface area contributed by atoms with Crippen LogP contribution in [0.2, 0.25) is 0 Å². The van der Waals surface area contributed by atoms with Crippen LogP contribution in [0.25, 0.3) is 10.9 Å². The summed E-state index contributed by atoms with van der Waals surface area (Å²) in [6, 6.07) is 9.84. The topological polar surface area (TPSA) is 51.7 Å². The predicted molar refractivity (Wildman–Crippen MR) is 95.5 cm³/mol. The zero-order valence-electron chi connectivity index (χ0n) is 14.6. The molecule has 0 radical (unpaired) electrons. The van der Waals surface area contributed by atoms with E-state index in [2.05, 4.69) is 4.98 Å². The maximum absolute atomic E-state index is 12.8.